The van der Waals surface area contributed by atoms with E-state index in [0.29, 0.717) is 31.1 Å². The van der Waals surface area contributed by atoms with Gasteiger partial charge in [-0.2, -0.15) is 0 Å². The molecule has 0 saturated heterocycles. The Balaban J connectivity index is 1.49. The molecule has 0 unspecified atom stereocenters. The van der Waals surface area contributed by atoms with Crippen LogP contribution in [0.5, 0.6) is 5.75 Å². The summed E-state index contributed by atoms with van der Waals surface area (Å²) in [5.41, 5.74) is 5.27. The van der Waals surface area contributed by atoms with Gasteiger partial charge in [0.05, 0.1) is 6.61 Å². The van der Waals surface area contributed by atoms with Crippen LogP contribution in [0.2, 0.25) is 5.02 Å². The number of ether oxygens (including phenoxy) is 1. The number of aromatic nitrogens is 2. The Morgan fingerprint density at radius 3 is 2.29 bits per heavy atom. The van der Waals surface area contributed by atoms with Crippen LogP contribution in [-0.4, -0.2) is 22.5 Å². The molecule has 2 N–H and O–H groups in total. The van der Waals surface area contributed by atoms with E-state index in [4.69, 9.17) is 16.3 Å². The molecule has 0 radical (unpaired) electrons. The number of nitrogens with zero attached hydrogens (tertiary/aromatic N) is 2. The number of hydrogen-bond donors (Lipinski definition) is 2. The topological polar surface area (TPSA) is 76.1 Å². The molecule has 0 aliphatic carbocycles. The standard InChI is InChI=1S/C24H27ClN4O2/c1-15-11-21(12-16(2)23(15)25)31-10-6-9-22(30)28-19-7-5-8-20(14-19)29-24-26-17(3)13-18(4)27-24/h5,7-8,11-14H,6,9-10H2,1-4H3,(H,28,30)(H,26,27,29). The van der Waals surface area contributed by atoms with Crippen LogP contribution in [0.15, 0.2) is 42.5 Å². The lowest BCUT2D eigenvalue weighted by molar-refractivity contribution is -0.116. The highest BCUT2D eigenvalue weighted by molar-refractivity contribution is 6.32. The summed E-state index contributed by atoms with van der Waals surface area (Å²) in [6, 6.07) is 13.2. The maximum absolute atomic E-state index is 12.3. The van der Waals surface area contributed by atoms with Crippen LogP contribution in [0.4, 0.5) is 17.3 Å². The molecule has 0 bridgehead atoms. The fourth-order valence-corrected chi connectivity index (χ4v) is 3.33. The van der Waals surface area contributed by atoms with Crippen LogP contribution in [0, 0.1) is 27.7 Å². The minimum atomic E-state index is -0.0631. The smallest absolute Gasteiger partial charge is 0.227 e. The lowest BCUT2D eigenvalue weighted by Crippen LogP contribution is -2.13. The van der Waals surface area contributed by atoms with Crippen LogP contribution < -0.4 is 15.4 Å². The average Bonchev–Trinajstić information content (AvgIpc) is 2.69. The van der Waals surface area contributed by atoms with Crippen molar-refractivity contribution in [3.63, 3.8) is 0 Å². The first-order valence-electron chi connectivity index (χ1n) is 10.2. The molecule has 0 aliphatic heterocycles. The molecule has 1 amide bonds. The Bertz CT molecular complexity index is 1040. The Kier molecular flexibility index (Phi) is 7.47. The predicted molar refractivity (Wildman–Crippen MR) is 126 cm³/mol. The number of hydrogen-bond acceptors (Lipinski definition) is 5. The summed E-state index contributed by atoms with van der Waals surface area (Å²) in [4.78, 5) is 21.1. The van der Waals surface area contributed by atoms with E-state index in [1.807, 2.05) is 70.2 Å². The van der Waals surface area contributed by atoms with E-state index in [1.54, 1.807) is 0 Å². The fourth-order valence-electron chi connectivity index (χ4n) is 3.22. The van der Waals surface area contributed by atoms with E-state index >= 15 is 0 Å². The van der Waals surface area contributed by atoms with Crippen molar-refractivity contribution in [3.05, 3.63) is 70.0 Å². The van der Waals surface area contributed by atoms with Gasteiger partial charge in [-0.25, -0.2) is 9.97 Å². The van der Waals surface area contributed by atoms with Gasteiger partial charge in [0.15, 0.2) is 0 Å². The van der Waals surface area contributed by atoms with Crippen molar-refractivity contribution in [2.45, 2.75) is 40.5 Å². The van der Waals surface area contributed by atoms with Gasteiger partial charge in [0.25, 0.3) is 0 Å². The van der Waals surface area contributed by atoms with Crippen molar-refractivity contribution >= 4 is 34.8 Å². The minimum Gasteiger partial charge on any atom is -0.494 e. The molecule has 3 aromatic rings. The number of benzene rings is 2. The highest BCUT2D eigenvalue weighted by atomic mass is 35.5. The summed E-state index contributed by atoms with van der Waals surface area (Å²) >= 11 is 6.18. The van der Waals surface area contributed by atoms with Crippen molar-refractivity contribution in [1.82, 2.24) is 9.97 Å². The third-order valence-electron chi connectivity index (χ3n) is 4.61. The number of aryl methyl sites for hydroxylation is 4. The zero-order valence-electron chi connectivity index (χ0n) is 18.3. The SMILES string of the molecule is Cc1cc(C)nc(Nc2cccc(NC(=O)CCCOc3cc(C)c(Cl)c(C)c3)c2)n1. The number of nitrogens with one attached hydrogen (secondary N) is 2. The van der Waals surface area contributed by atoms with Crippen LogP contribution >= 0.6 is 11.6 Å². The quantitative estimate of drug-likeness (QED) is 0.428. The molecule has 7 heteroatoms. The van der Waals surface area contributed by atoms with Gasteiger partial charge in [0.1, 0.15) is 5.75 Å². The second kappa shape index (κ2) is 10.3. The van der Waals surface area contributed by atoms with Gasteiger partial charge in [-0.15, -0.1) is 0 Å². The highest BCUT2D eigenvalue weighted by Crippen LogP contribution is 2.26. The van der Waals surface area contributed by atoms with Crippen molar-refractivity contribution in [1.29, 1.82) is 0 Å². The maximum Gasteiger partial charge on any atom is 0.227 e. The third-order valence-corrected chi connectivity index (χ3v) is 5.21. The predicted octanol–water partition coefficient (Wildman–Crippen LogP) is 5.90. The summed E-state index contributed by atoms with van der Waals surface area (Å²) < 4.78 is 5.77. The van der Waals surface area contributed by atoms with E-state index in [-0.39, 0.29) is 5.91 Å². The van der Waals surface area contributed by atoms with Crippen LogP contribution in [0.3, 0.4) is 0 Å². The number of anilines is 3. The zero-order valence-corrected chi connectivity index (χ0v) is 19.0. The molecule has 162 valence electrons. The molecule has 0 saturated carbocycles. The Morgan fingerprint density at radius 2 is 1.61 bits per heavy atom. The Labute approximate surface area is 188 Å². The van der Waals surface area contributed by atoms with Gasteiger partial charge in [0, 0.05) is 34.2 Å². The number of rotatable bonds is 8. The summed E-state index contributed by atoms with van der Waals surface area (Å²) in [5, 5.41) is 6.86. The molecule has 31 heavy (non-hydrogen) atoms. The van der Waals surface area contributed by atoms with E-state index in [0.717, 1.165) is 39.0 Å². The summed E-state index contributed by atoms with van der Waals surface area (Å²) in [7, 11) is 0. The van der Waals surface area contributed by atoms with E-state index in [1.165, 1.54) is 0 Å². The lowest BCUT2D eigenvalue weighted by atomic mass is 10.1. The number of halogens is 1. The highest BCUT2D eigenvalue weighted by Gasteiger charge is 2.07. The molecule has 0 spiro atoms. The normalized spacial score (nSPS) is 10.6. The molecular formula is C24H27ClN4O2. The molecule has 6 nitrogen and oxygen atoms in total. The first-order chi connectivity index (χ1) is 14.8. The molecule has 3 rings (SSSR count). The monoisotopic (exact) mass is 438 g/mol. The number of carbonyl (C=O) groups excluding carboxylic acids is 1. The van der Waals surface area contributed by atoms with Gasteiger partial charge in [-0.05, 0) is 81.6 Å². The van der Waals surface area contributed by atoms with E-state index in [9.17, 15) is 4.79 Å². The van der Waals surface area contributed by atoms with Crippen molar-refractivity contribution in [2.24, 2.45) is 0 Å². The largest absolute Gasteiger partial charge is 0.494 e. The molecule has 0 fully saturated rings. The van der Waals surface area contributed by atoms with Crippen LogP contribution in [0.1, 0.15) is 35.4 Å². The minimum absolute atomic E-state index is 0.0631. The Hall–Kier alpha value is -3.12. The van der Waals surface area contributed by atoms with Crippen molar-refractivity contribution in [2.75, 3.05) is 17.2 Å². The Morgan fingerprint density at radius 1 is 0.968 bits per heavy atom. The van der Waals surface area contributed by atoms with Gasteiger partial charge in [-0.3, -0.25) is 4.79 Å². The van der Waals surface area contributed by atoms with Crippen LogP contribution in [0.25, 0.3) is 0 Å². The second-order valence-electron chi connectivity index (χ2n) is 7.55. The van der Waals surface area contributed by atoms with Gasteiger partial charge < -0.3 is 15.4 Å². The molecule has 0 atom stereocenters. The zero-order chi connectivity index (χ0) is 22.4. The summed E-state index contributed by atoms with van der Waals surface area (Å²) in [6.07, 6.45) is 0.976. The van der Waals surface area contributed by atoms with E-state index in [2.05, 4.69) is 20.6 Å². The lowest BCUT2D eigenvalue weighted by Gasteiger charge is -2.11. The number of carbonyl (C=O) groups is 1. The van der Waals surface area contributed by atoms with Gasteiger partial charge in [-0.1, -0.05) is 17.7 Å². The van der Waals surface area contributed by atoms with Crippen molar-refractivity contribution in [3.8, 4) is 5.75 Å². The molecule has 0 aliphatic rings. The molecule has 1 aromatic heterocycles. The first-order valence-corrected chi connectivity index (χ1v) is 10.6. The van der Waals surface area contributed by atoms with Crippen LogP contribution in [-0.2, 0) is 4.79 Å². The molecular weight excluding hydrogens is 412 g/mol. The first kappa shape index (κ1) is 22.6. The van der Waals surface area contributed by atoms with Gasteiger partial charge in [0.2, 0.25) is 11.9 Å². The maximum atomic E-state index is 12.3. The number of amides is 1. The molecule has 2 aromatic carbocycles. The van der Waals surface area contributed by atoms with E-state index < -0.39 is 0 Å². The molecule has 1 heterocycles. The average molecular weight is 439 g/mol. The van der Waals surface area contributed by atoms with Crippen molar-refractivity contribution < 1.29 is 9.53 Å². The van der Waals surface area contributed by atoms with Gasteiger partial charge >= 0.3 is 0 Å². The second-order valence-corrected chi connectivity index (χ2v) is 7.93. The fraction of sp³-hybridized carbons (Fsp3) is 0.292. The third kappa shape index (κ3) is 6.69. The summed E-state index contributed by atoms with van der Waals surface area (Å²) in [5.74, 6) is 1.24. The summed E-state index contributed by atoms with van der Waals surface area (Å²) in [6.45, 7) is 8.21.